The molecule has 0 heterocycles. The van der Waals surface area contributed by atoms with Crippen LogP contribution < -0.4 is 4.74 Å². The minimum atomic E-state index is -0.698. The van der Waals surface area contributed by atoms with Gasteiger partial charge in [-0.3, -0.25) is 0 Å². The summed E-state index contributed by atoms with van der Waals surface area (Å²) in [4.78, 5) is 10.9. The van der Waals surface area contributed by atoms with Crippen LogP contribution in [0.15, 0.2) is 54.6 Å². The third kappa shape index (κ3) is 4.63. The third-order valence-electron chi connectivity index (χ3n) is 2.67. The number of hydrogen-bond acceptors (Lipinski definition) is 4. The molecule has 0 saturated carbocycles. The lowest BCUT2D eigenvalue weighted by Crippen LogP contribution is -2.06. The van der Waals surface area contributed by atoms with Crippen LogP contribution in [-0.2, 0) is 16.2 Å². The number of thioether (sulfide) groups is 1. The summed E-state index contributed by atoms with van der Waals surface area (Å²) >= 11 is 1.85. The molecule has 0 spiro atoms. The van der Waals surface area contributed by atoms with Crippen molar-refractivity contribution in [1.29, 1.82) is 0 Å². The standard InChI is InChI=1S/C16H16O3S/c1-18-16(17)19-15-9-7-14(8-10-15)12-20-11-13-5-3-2-4-6-13/h2-10H,11-12H2,1H3. The number of carbonyl (C=O) groups is 1. The van der Waals surface area contributed by atoms with Crippen molar-refractivity contribution < 1.29 is 14.3 Å². The molecule has 2 rings (SSSR count). The van der Waals surface area contributed by atoms with E-state index in [4.69, 9.17) is 4.74 Å². The summed E-state index contributed by atoms with van der Waals surface area (Å²) < 4.78 is 9.36. The Bertz CT molecular complexity index is 537. The van der Waals surface area contributed by atoms with E-state index in [0.717, 1.165) is 11.5 Å². The maximum atomic E-state index is 10.9. The van der Waals surface area contributed by atoms with Gasteiger partial charge in [0.15, 0.2) is 0 Å². The van der Waals surface area contributed by atoms with E-state index < -0.39 is 6.16 Å². The first-order chi connectivity index (χ1) is 9.78. The fourth-order valence-electron chi connectivity index (χ4n) is 1.65. The van der Waals surface area contributed by atoms with Crippen molar-refractivity contribution in [2.45, 2.75) is 11.5 Å². The molecule has 0 amide bonds. The molecule has 0 aliphatic rings. The summed E-state index contributed by atoms with van der Waals surface area (Å²) in [6, 6.07) is 17.8. The highest BCUT2D eigenvalue weighted by Crippen LogP contribution is 2.20. The number of methoxy groups -OCH3 is 1. The van der Waals surface area contributed by atoms with Crippen molar-refractivity contribution >= 4 is 17.9 Å². The van der Waals surface area contributed by atoms with Gasteiger partial charge in [-0.15, -0.1) is 0 Å². The van der Waals surface area contributed by atoms with Gasteiger partial charge in [-0.1, -0.05) is 42.5 Å². The smallest absolute Gasteiger partial charge is 0.437 e. The van der Waals surface area contributed by atoms with Crippen LogP contribution in [0.5, 0.6) is 5.75 Å². The molecule has 0 aliphatic carbocycles. The lowest BCUT2D eigenvalue weighted by atomic mass is 10.2. The van der Waals surface area contributed by atoms with Gasteiger partial charge in [0.25, 0.3) is 0 Å². The predicted molar refractivity (Wildman–Crippen MR) is 80.9 cm³/mol. The van der Waals surface area contributed by atoms with Crippen LogP contribution in [0.3, 0.4) is 0 Å². The highest BCUT2D eigenvalue weighted by atomic mass is 32.2. The van der Waals surface area contributed by atoms with E-state index >= 15 is 0 Å². The predicted octanol–water partition coefficient (Wildman–Crippen LogP) is 4.27. The van der Waals surface area contributed by atoms with Gasteiger partial charge in [0.2, 0.25) is 0 Å². The summed E-state index contributed by atoms with van der Waals surface area (Å²) in [6.45, 7) is 0. The highest BCUT2D eigenvalue weighted by Gasteiger charge is 2.03. The van der Waals surface area contributed by atoms with Crippen LogP contribution in [0.1, 0.15) is 11.1 Å². The van der Waals surface area contributed by atoms with Crippen LogP contribution in [-0.4, -0.2) is 13.3 Å². The lowest BCUT2D eigenvalue weighted by molar-refractivity contribution is 0.121. The molecular formula is C16H16O3S. The molecule has 0 N–H and O–H groups in total. The van der Waals surface area contributed by atoms with E-state index in [0.29, 0.717) is 5.75 Å². The summed E-state index contributed by atoms with van der Waals surface area (Å²) in [5, 5.41) is 0. The van der Waals surface area contributed by atoms with Crippen molar-refractivity contribution in [1.82, 2.24) is 0 Å². The highest BCUT2D eigenvalue weighted by molar-refractivity contribution is 7.97. The molecule has 0 fully saturated rings. The second-order valence-corrected chi connectivity index (χ2v) is 5.16. The van der Waals surface area contributed by atoms with Crippen LogP contribution in [0.4, 0.5) is 4.79 Å². The van der Waals surface area contributed by atoms with Gasteiger partial charge < -0.3 is 9.47 Å². The summed E-state index contributed by atoms with van der Waals surface area (Å²) in [5.41, 5.74) is 2.52. The average Bonchev–Trinajstić information content (AvgIpc) is 2.50. The third-order valence-corrected chi connectivity index (χ3v) is 3.75. The van der Waals surface area contributed by atoms with Gasteiger partial charge in [-0.05, 0) is 23.3 Å². The average molecular weight is 288 g/mol. The fraction of sp³-hybridized carbons (Fsp3) is 0.188. The summed E-state index contributed by atoms with van der Waals surface area (Å²) in [6.07, 6.45) is -0.698. The second-order valence-electron chi connectivity index (χ2n) is 4.18. The Morgan fingerprint density at radius 3 is 2.15 bits per heavy atom. The number of carbonyl (C=O) groups excluding carboxylic acids is 1. The normalized spacial score (nSPS) is 10.1. The van der Waals surface area contributed by atoms with Crippen molar-refractivity contribution in [2.75, 3.05) is 7.11 Å². The molecule has 0 saturated heterocycles. The molecular weight excluding hydrogens is 272 g/mol. The molecule has 0 aromatic heterocycles. The molecule has 0 unspecified atom stereocenters. The maximum absolute atomic E-state index is 10.9. The van der Waals surface area contributed by atoms with Crippen LogP contribution in [0, 0.1) is 0 Å². The molecule has 0 atom stereocenters. The largest absolute Gasteiger partial charge is 0.513 e. The van der Waals surface area contributed by atoms with E-state index in [1.807, 2.05) is 30.0 Å². The molecule has 0 radical (unpaired) electrons. The van der Waals surface area contributed by atoms with Crippen LogP contribution in [0.25, 0.3) is 0 Å². The van der Waals surface area contributed by atoms with E-state index in [1.54, 1.807) is 12.1 Å². The minimum Gasteiger partial charge on any atom is -0.437 e. The van der Waals surface area contributed by atoms with Crippen molar-refractivity contribution in [3.8, 4) is 5.75 Å². The second kappa shape index (κ2) is 7.60. The SMILES string of the molecule is COC(=O)Oc1ccc(CSCc2ccccc2)cc1. The van der Waals surface area contributed by atoms with Gasteiger partial charge >= 0.3 is 6.16 Å². The van der Waals surface area contributed by atoms with Gasteiger partial charge in [-0.25, -0.2) is 4.79 Å². The van der Waals surface area contributed by atoms with Crippen molar-refractivity contribution in [3.05, 3.63) is 65.7 Å². The van der Waals surface area contributed by atoms with E-state index in [1.165, 1.54) is 18.2 Å². The first-order valence-corrected chi connectivity index (χ1v) is 7.40. The molecule has 0 bridgehead atoms. The van der Waals surface area contributed by atoms with E-state index in [9.17, 15) is 4.79 Å². The Balaban J connectivity index is 1.80. The van der Waals surface area contributed by atoms with Gasteiger partial charge in [0.1, 0.15) is 5.75 Å². The number of rotatable bonds is 5. The zero-order valence-electron chi connectivity index (χ0n) is 11.2. The number of ether oxygens (including phenoxy) is 2. The van der Waals surface area contributed by atoms with Gasteiger partial charge in [0.05, 0.1) is 7.11 Å². The van der Waals surface area contributed by atoms with Crippen molar-refractivity contribution in [2.24, 2.45) is 0 Å². The fourth-order valence-corrected chi connectivity index (χ4v) is 2.61. The Morgan fingerprint density at radius 1 is 0.950 bits per heavy atom. The Labute approximate surface area is 122 Å². The molecule has 20 heavy (non-hydrogen) atoms. The molecule has 3 nitrogen and oxygen atoms in total. The molecule has 0 aliphatic heterocycles. The van der Waals surface area contributed by atoms with Crippen LogP contribution in [0.2, 0.25) is 0 Å². The van der Waals surface area contributed by atoms with Gasteiger partial charge in [-0.2, -0.15) is 11.8 Å². The topological polar surface area (TPSA) is 35.5 Å². The molecule has 104 valence electrons. The maximum Gasteiger partial charge on any atom is 0.513 e. The lowest BCUT2D eigenvalue weighted by Gasteiger charge is -2.05. The monoisotopic (exact) mass is 288 g/mol. The van der Waals surface area contributed by atoms with Crippen LogP contribution >= 0.6 is 11.8 Å². The Morgan fingerprint density at radius 2 is 1.55 bits per heavy atom. The summed E-state index contributed by atoms with van der Waals surface area (Å²) in [7, 11) is 1.29. The number of benzene rings is 2. The Hall–Kier alpha value is -1.94. The van der Waals surface area contributed by atoms with E-state index in [-0.39, 0.29) is 0 Å². The first kappa shape index (κ1) is 14.5. The zero-order chi connectivity index (χ0) is 14.2. The zero-order valence-corrected chi connectivity index (χ0v) is 12.1. The van der Waals surface area contributed by atoms with Gasteiger partial charge in [0, 0.05) is 11.5 Å². The molecule has 4 heteroatoms. The van der Waals surface area contributed by atoms with Crippen molar-refractivity contribution in [3.63, 3.8) is 0 Å². The summed E-state index contributed by atoms with van der Waals surface area (Å²) in [5.74, 6) is 2.41. The molecule has 2 aromatic carbocycles. The number of hydrogen-bond donors (Lipinski definition) is 0. The minimum absolute atomic E-state index is 0.494. The quantitative estimate of drug-likeness (QED) is 0.608. The molecule has 2 aromatic rings. The Kier molecular flexibility index (Phi) is 5.50. The van der Waals surface area contributed by atoms with E-state index in [2.05, 4.69) is 29.0 Å². The first-order valence-electron chi connectivity index (χ1n) is 6.24.